The summed E-state index contributed by atoms with van der Waals surface area (Å²) in [7, 11) is 0. The number of hydrogen-bond donors (Lipinski definition) is 0. The lowest BCUT2D eigenvalue weighted by Crippen LogP contribution is -2.25. The van der Waals surface area contributed by atoms with Crippen molar-refractivity contribution in [3.05, 3.63) is 82.5 Å². The van der Waals surface area contributed by atoms with Crippen LogP contribution in [0.15, 0.2) is 65.7 Å². The number of rotatable bonds is 8. The van der Waals surface area contributed by atoms with E-state index in [-0.39, 0.29) is 5.56 Å². The highest BCUT2D eigenvalue weighted by Crippen LogP contribution is 2.16. The van der Waals surface area contributed by atoms with Crippen LogP contribution in [0.25, 0.3) is 5.69 Å². The van der Waals surface area contributed by atoms with Gasteiger partial charge in [0.2, 0.25) is 0 Å². The first kappa shape index (κ1) is 20.2. The third-order valence-electron chi connectivity index (χ3n) is 5.24. The Kier molecular flexibility index (Phi) is 6.44. The van der Waals surface area contributed by atoms with Crippen LogP contribution in [0.5, 0.6) is 11.5 Å². The molecule has 0 N–H and O–H groups in total. The Bertz CT molecular complexity index is 1010. The van der Waals surface area contributed by atoms with Crippen molar-refractivity contribution in [2.75, 3.05) is 26.2 Å². The van der Waals surface area contributed by atoms with Crippen LogP contribution in [-0.4, -0.2) is 40.7 Å². The smallest absolute Gasteiger partial charge is 0.258 e. The minimum atomic E-state index is -0.146. The predicted octanol–water partition coefficient (Wildman–Crippen LogP) is 3.59. The summed E-state index contributed by atoms with van der Waals surface area (Å²) >= 11 is 0. The fraction of sp³-hybridized carbons (Fsp3) is 0.333. The molecule has 4 rings (SSSR count). The Morgan fingerprint density at radius 2 is 1.77 bits per heavy atom. The first-order valence-electron chi connectivity index (χ1n) is 10.4. The van der Waals surface area contributed by atoms with Crippen molar-refractivity contribution in [1.82, 2.24) is 14.5 Å². The molecule has 0 aliphatic carbocycles. The first-order chi connectivity index (χ1) is 14.7. The molecule has 1 aliphatic rings. The van der Waals surface area contributed by atoms with E-state index in [1.807, 2.05) is 43.3 Å². The summed E-state index contributed by atoms with van der Waals surface area (Å²) in [6, 6.07) is 14.8. The molecule has 2 aromatic heterocycles. The van der Waals surface area contributed by atoms with Gasteiger partial charge >= 0.3 is 0 Å². The lowest BCUT2D eigenvalue weighted by atomic mass is 10.3. The van der Waals surface area contributed by atoms with Crippen molar-refractivity contribution in [3.8, 4) is 17.2 Å². The second-order valence-electron chi connectivity index (χ2n) is 7.58. The van der Waals surface area contributed by atoms with Gasteiger partial charge in [-0.2, -0.15) is 0 Å². The van der Waals surface area contributed by atoms with Crippen LogP contribution in [0.3, 0.4) is 0 Å². The van der Waals surface area contributed by atoms with E-state index in [0.29, 0.717) is 19.0 Å². The van der Waals surface area contributed by atoms with Gasteiger partial charge in [0.25, 0.3) is 5.56 Å². The molecule has 30 heavy (non-hydrogen) atoms. The quantitative estimate of drug-likeness (QED) is 0.573. The number of hydrogen-bond acceptors (Lipinski definition) is 5. The van der Waals surface area contributed by atoms with Crippen molar-refractivity contribution in [3.63, 3.8) is 0 Å². The molecule has 0 radical (unpaired) electrons. The van der Waals surface area contributed by atoms with E-state index in [1.165, 1.54) is 32.0 Å². The summed E-state index contributed by atoms with van der Waals surface area (Å²) in [6.45, 7) is 6.30. The normalized spacial score (nSPS) is 14.0. The minimum Gasteiger partial charge on any atom is -0.492 e. The van der Waals surface area contributed by atoms with Gasteiger partial charge < -0.3 is 9.47 Å². The zero-order valence-electron chi connectivity index (χ0n) is 17.3. The molecule has 0 saturated carbocycles. The zero-order chi connectivity index (χ0) is 20.8. The largest absolute Gasteiger partial charge is 0.492 e. The fourth-order valence-corrected chi connectivity index (χ4v) is 3.51. The molecule has 0 bridgehead atoms. The summed E-state index contributed by atoms with van der Waals surface area (Å²) in [5, 5.41) is 0. The average Bonchev–Trinajstić information content (AvgIpc) is 3.28. The second kappa shape index (κ2) is 9.59. The van der Waals surface area contributed by atoms with Crippen molar-refractivity contribution in [1.29, 1.82) is 0 Å². The highest BCUT2D eigenvalue weighted by molar-refractivity contribution is 5.38. The molecule has 0 atom stereocenters. The van der Waals surface area contributed by atoms with Gasteiger partial charge in [-0.3, -0.25) is 19.2 Å². The highest BCUT2D eigenvalue weighted by atomic mass is 16.5. The van der Waals surface area contributed by atoms with Gasteiger partial charge in [0, 0.05) is 30.7 Å². The Morgan fingerprint density at radius 1 is 0.967 bits per heavy atom. The van der Waals surface area contributed by atoms with E-state index >= 15 is 0 Å². The number of nitrogens with zero attached hydrogens (tertiary/aromatic N) is 3. The lowest BCUT2D eigenvalue weighted by Gasteiger charge is -2.15. The van der Waals surface area contributed by atoms with E-state index in [1.54, 1.807) is 23.0 Å². The Labute approximate surface area is 176 Å². The van der Waals surface area contributed by atoms with Gasteiger partial charge in [-0.05, 0) is 74.8 Å². The van der Waals surface area contributed by atoms with Gasteiger partial charge in [0.15, 0.2) is 0 Å². The number of likely N-dealkylation sites (tertiary alicyclic amines) is 1. The highest BCUT2D eigenvalue weighted by Gasteiger charge is 2.10. The minimum absolute atomic E-state index is 0.146. The zero-order valence-corrected chi connectivity index (χ0v) is 17.3. The van der Waals surface area contributed by atoms with Crippen molar-refractivity contribution < 1.29 is 9.47 Å². The number of ether oxygens (including phenoxy) is 2. The molecular formula is C24H27N3O3. The molecule has 0 unspecified atom stereocenters. The molecule has 6 nitrogen and oxygen atoms in total. The monoisotopic (exact) mass is 405 g/mol. The Morgan fingerprint density at radius 3 is 2.47 bits per heavy atom. The first-order valence-corrected chi connectivity index (χ1v) is 10.4. The number of aryl methyl sites for hydroxylation is 1. The third kappa shape index (κ3) is 5.27. The Hall–Kier alpha value is -3.12. The van der Waals surface area contributed by atoms with Crippen LogP contribution >= 0.6 is 0 Å². The number of benzene rings is 1. The summed E-state index contributed by atoms with van der Waals surface area (Å²) in [4.78, 5) is 19.3. The van der Waals surface area contributed by atoms with E-state index in [4.69, 9.17) is 9.47 Å². The van der Waals surface area contributed by atoms with Gasteiger partial charge in [-0.15, -0.1) is 0 Å². The van der Waals surface area contributed by atoms with Crippen LogP contribution in [0, 0.1) is 6.92 Å². The summed E-state index contributed by atoms with van der Waals surface area (Å²) in [5.41, 5.74) is 2.57. The Balaban J connectivity index is 1.34. The average molecular weight is 405 g/mol. The fourth-order valence-electron chi connectivity index (χ4n) is 3.51. The molecule has 1 fully saturated rings. The standard InChI is InChI=1S/C24H27N3O3/c1-19-4-5-20(25-17-19)18-30-23-10-13-27(24(28)16-23)21-6-8-22(9-7-21)29-15-14-26-11-2-3-12-26/h4-10,13,16-17H,2-3,11-12,14-15,18H2,1H3. The molecule has 0 spiro atoms. The molecule has 6 heteroatoms. The van der Waals surface area contributed by atoms with Crippen LogP contribution in [0.1, 0.15) is 24.1 Å². The predicted molar refractivity (Wildman–Crippen MR) is 117 cm³/mol. The van der Waals surface area contributed by atoms with Crippen molar-refractivity contribution >= 4 is 0 Å². The molecule has 0 amide bonds. The van der Waals surface area contributed by atoms with Crippen LogP contribution in [0.2, 0.25) is 0 Å². The van der Waals surface area contributed by atoms with Crippen molar-refractivity contribution in [2.24, 2.45) is 0 Å². The maximum absolute atomic E-state index is 12.5. The molecule has 3 heterocycles. The molecule has 1 aliphatic heterocycles. The molecule has 156 valence electrons. The summed E-state index contributed by atoms with van der Waals surface area (Å²) < 4.78 is 13.1. The summed E-state index contributed by atoms with van der Waals surface area (Å²) in [6.07, 6.45) is 6.10. The summed E-state index contributed by atoms with van der Waals surface area (Å²) in [5.74, 6) is 1.34. The van der Waals surface area contributed by atoms with Gasteiger partial charge in [0.1, 0.15) is 24.7 Å². The second-order valence-corrected chi connectivity index (χ2v) is 7.58. The van der Waals surface area contributed by atoms with Gasteiger partial charge in [-0.25, -0.2) is 0 Å². The van der Waals surface area contributed by atoms with Gasteiger partial charge in [-0.1, -0.05) is 6.07 Å². The van der Waals surface area contributed by atoms with Crippen LogP contribution in [0.4, 0.5) is 0 Å². The van der Waals surface area contributed by atoms with Crippen LogP contribution < -0.4 is 15.0 Å². The number of aromatic nitrogens is 2. The number of pyridine rings is 2. The lowest BCUT2D eigenvalue weighted by molar-refractivity contribution is 0.238. The topological polar surface area (TPSA) is 56.6 Å². The molecular weight excluding hydrogens is 378 g/mol. The van der Waals surface area contributed by atoms with E-state index in [9.17, 15) is 4.79 Å². The van der Waals surface area contributed by atoms with Gasteiger partial charge in [0.05, 0.1) is 5.69 Å². The molecule has 3 aromatic rings. The van der Waals surface area contributed by atoms with E-state index in [2.05, 4.69) is 9.88 Å². The maximum Gasteiger partial charge on any atom is 0.258 e. The third-order valence-corrected chi connectivity index (χ3v) is 5.24. The van der Waals surface area contributed by atoms with Crippen LogP contribution in [-0.2, 0) is 6.61 Å². The van der Waals surface area contributed by atoms with E-state index < -0.39 is 0 Å². The molecule has 1 aromatic carbocycles. The van der Waals surface area contributed by atoms with Crippen molar-refractivity contribution in [2.45, 2.75) is 26.4 Å². The van der Waals surface area contributed by atoms with E-state index in [0.717, 1.165) is 29.2 Å². The molecule has 1 saturated heterocycles. The maximum atomic E-state index is 12.5. The SMILES string of the molecule is Cc1ccc(COc2ccn(-c3ccc(OCCN4CCCC4)cc3)c(=O)c2)nc1.